The Balaban J connectivity index is 2.17. The zero-order chi connectivity index (χ0) is 11.3. The highest BCUT2D eigenvalue weighted by Crippen LogP contribution is 2.40. The summed E-state index contributed by atoms with van der Waals surface area (Å²) in [5.74, 6) is 0.0930. The van der Waals surface area contributed by atoms with Crippen molar-refractivity contribution < 1.29 is 9.90 Å². The Hall–Kier alpha value is -1.26. The molecule has 2 N–H and O–H groups in total. The molecule has 2 aliphatic rings. The lowest BCUT2D eigenvalue weighted by atomic mass is 10.0. The molecule has 5 heteroatoms. The summed E-state index contributed by atoms with van der Waals surface area (Å²) in [5, 5.41) is 13.1. The van der Waals surface area contributed by atoms with Crippen LogP contribution in [-0.4, -0.2) is 35.5 Å². The highest BCUT2D eigenvalue weighted by atomic mass is 35.5. The van der Waals surface area contributed by atoms with E-state index >= 15 is 0 Å². The van der Waals surface area contributed by atoms with Gasteiger partial charge in [-0.05, 0) is 17.7 Å². The number of amides is 1. The minimum absolute atomic E-state index is 0.0147. The molecule has 2 aliphatic heterocycles. The zero-order valence-electron chi connectivity index (χ0n) is 8.53. The minimum Gasteiger partial charge on any atom is -0.508 e. The molecule has 16 heavy (non-hydrogen) atoms. The van der Waals surface area contributed by atoms with E-state index in [-0.39, 0.29) is 17.7 Å². The number of piperazine rings is 1. The van der Waals surface area contributed by atoms with Crippen LogP contribution in [-0.2, 0) is 0 Å². The Morgan fingerprint density at radius 3 is 3.12 bits per heavy atom. The first-order valence-corrected chi connectivity index (χ1v) is 5.60. The standard InChI is InChI=1S/C11H11ClN2O2/c12-8-4-6(15)3-7-9-5-13-1-2-14(9)11(16)10(7)8/h3-4,9,13,15H,1-2,5H2/t9-/m0/s1. The molecule has 0 saturated carbocycles. The fourth-order valence-corrected chi connectivity index (χ4v) is 2.77. The van der Waals surface area contributed by atoms with Gasteiger partial charge in [-0.15, -0.1) is 0 Å². The van der Waals surface area contributed by atoms with Crippen LogP contribution in [0.15, 0.2) is 12.1 Å². The predicted molar refractivity (Wildman–Crippen MR) is 59.8 cm³/mol. The monoisotopic (exact) mass is 238 g/mol. The Morgan fingerprint density at radius 1 is 1.50 bits per heavy atom. The number of aromatic hydroxyl groups is 1. The number of rotatable bonds is 0. The lowest BCUT2D eigenvalue weighted by Crippen LogP contribution is -2.44. The van der Waals surface area contributed by atoms with Gasteiger partial charge in [0.05, 0.1) is 16.6 Å². The number of phenolic OH excluding ortho intramolecular Hbond substituents is 1. The summed E-state index contributed by atoms with van der Waals surface area (Å²) in [6.07, 6.45) is 0. The molecule has 0 spiro atoms. The number of nitrogens with zero attached hydrogens (tertiary/aromatic N) is 1. The van der Waals surface area contributed by atoms with Crippen LogP contribution < -0.4 is 5.32 Å². The van der Waals surface area contributed by atoms with Crippen LogP contribution in [0.4, 0.5) is 0 Å². The van der Waals surface area contributed by atoms with Gasteiger partial charge in [-0.3, -0.25) is 4.79 Å². The van der Waals surface area contributed by atoms with Crippen molar-refractivity contribution in [3.8, 4) is 5.75 Å². The number of hydrogen-bond donors (Lipinski definition) is 2. The van der Waals surface area contributed by atoms with Crippen molar-refractivity contribution in [2.45, 2.75) is 6.04 Å². The summed E-state index contributed by atoms with van der Waals surface area (Å²) in [5.41, 5.74) is 1.38. The Bertz CT molecular complexity index is 475. The number of hydrogen-bond acceptors (Lipinski definition) is 3. The molecular formula is C11H11ClN2O2. The van der Waals surface area contributed by atoms with Gasteiger partial charge in [0.1, 0.15) is 5.75 Å². The molecule has 1 aromatic carbocycles. The quantitative estimate of drug-likeness (QED) is 0.713. The van der Waals surface area contributed by atoms with E-state index in [0.717, 1.165) is 18.7 Å². The first kappa shape index (κ1) is 9.93. The minimum atomic E-state index is -0.0218. The summed E-state index contributed by atoms with van der Waals surface area (Å²) >= 11 is 6.01. The molecule has 1 aromatic rings. The van der Waals surface area contributed by atoms with Crippen molar-refractivity contribution in [2.24, 2.45) is 0 Å². The van der Waals surface area contributed by atoms with Crippen molar-refractivity contribution in [3.63, 3.8) is 0 Å². The van der Waals surface area contributed by atoms with Gasteiger partial charge >= 0.3 is 0 Å². The normalized spacial score (nSPS) is 23.2. The third kappa shape index (κ3) is 1.23. The van der Waals surface area contributed by atoms with Crippen molar-refractivity contribution in [2.75, 3.05) is 19.6 Å². The van der Waals surface area contributed by atoms with Crippen molar-refractivity contribution in [1.82, 2.24) is 10.2 Å². The van der Waals surface area contributed by atoms with Gasteiger partial charge in [-0.1, -0.05) is 11.6 Å². The summed E-state index contributed by atoms with van der Waals surface area (Å²) in [7, 11) is 0. The van der Waals surface area contributed by atoms with E-state index < -0.39 is 0 Å². The maximum Gasteiger partial charge on any atom is 0.256 e. The maximum atomic E-state index is 12.1. The van der Waals surface area contributed by atoms with Gasteiger partial charge in [-0.2, -0.15) is 0 Å². The van der Waals surface area contributed by atoms with Crippen LogP contribution in [0.1, 0.15) is 22.0 Å². The van der Waals surface area contributed by atoms with E-state index in [2.05, 4.69) is 5.32 Å². The second-order valence-corrected chi connectivity index (χ2v) is 4.52. The second kappa shape index (κ2) is 3.37. The van der Waals surface area contributed by atoms with E-state index in [1.165, 1.54) is 6.07 Å². The van der Waals surface area contributed by atoms with Crippen molar-refractivity contribution in [3.05, 3.63) is 28.3 Å². The van der Waals surface area contributed by atoms with Gasteiger partial charge < -0.3 is 15.3 Å². The Kier molecular flexibility index (Phi) is 2.09. The van der Waals surface area contributed by atoms with Crippen LogP contribution in [0.2, 0.25) is 5.02 Å². The van der Waals surface area contributed by atoms with Crippen LogP contribution in [0.25, 0.3) is 0 Å². The molecule has 2 heterocycles. The SMILES string of the molecule is O=C1c2c(Cl)cc(O)cc2[C@@H]2CNCCN12. The Morgan fingerprint density at radius 2 is 2.31 bits per heavy atom. The molecule has 1 saturated heterocycles. The molecule has 0 aliphatic carbocycles. The fraction of sp³-hybridized carbons (Fsp3) is 0.364. The van der Waals surface area contributed by atoms with E-state index in [4.69, 9.17) is 11.6 Å². The molecule has 1 atom stereocenters. The number of benzene rings is 1. The van der Waals surface area contributed by atoms with E-state index in [1.807, 2.05) is 4.90 Å². The molecule has 0 aromatic heterocycles. The molecule has 1 amide bonds. The van der Waals surface area contributed by atoms with Gasteiger partial charge in [0.15, 0.2) is 0 Å². The van der Waals surface area contributed by atoms with E-state index in [0.29, 0.717) is 17.1 Å². The molecule has 4 nitrogen and oxygen atoms in total. The lowest BCUT2D eigenvalue weighted by Gasteiger charge is -2.30. The third-order valence-electron chi connectivity index (χ3n) is 3.18. The average Bonchev–Trinajstić information content (AvgIpc) is 2.54. The van der Waals surface area contributed by atoms with Crippen molar-refractivity contribution >= 4 is 17.5 Å². The second-order valence-electron chi connectivity index (χ2n) is 4.11. The summed E-state index contributed by atoms with van der Waals surface area (Å²) in [6, 6.07) is 3.07. The molecule has 0 bridgehead atoms. The Labute approximate surface area is 97.8 Å². The largest absolute Gasteiger partial charge is 0.508 e. The number of carbonyl (C=O) groups excluding carboxylic acids is 1. The van der Waals surface area contributed by atoms with Crippen LogP contribution in [0, 0.1) is 0 Å². The number of fused-ring (bicyclic) bond motifs is 3. The van der Waals surface area contributed by atoms with Gasteiger partial charge in [0.2, 0.25) is 0 Å². The first-order chi connectivity index (χ1) is 7.68. The highest BCUT2D eigenvalue weighted by Gasteiger charge is 2.39. The van der Waals surface area contributed by atoms with Crippen LogP contribution in [0.3, 0.4) is 0 Å². The smallest absolute Gasteiger partial charge is 0.256 e. The number of phenols is 1. The molecule has 0 radical (unpaired) electrons. The first-order valence-electron chi connectivity index (χ1n) is 5.22. The van der Waals surface area contributed by atoms with E-state index in [1.54, 1.807) is 6.07 Å². The van der Waals surface area contributed by atoms with Gasteiger partial charge in [0.25, 0.3) is 5.91 Å². The third-order valence-corrected chi connectivity index (χ3v) is 3.48. The number of carbonyl (C=O) groups is 1. The lowest BCUT2D eigenvalue weighted by molar-refractivity contribution is 0.0691. The van der Waals surface area contributed by atoms with Crippen molar-refractivity contribution in [1.29, 1.82) is 0 Å². The fourth-order valence-electron chi connectivity index (χ4n) is 2.47. The summed E-state index contributed by atoms with van der Waals surface area (Å²) in [4.78, 5) is 13.9. The zero-order valence-corrected chi connectivity index (χ0v) is 9.29. The molecule has 0 unspecified atom stereocenters. The number of nitrogens with one attached hydrogen (secondary N) is 1. The van der Waals surface area contributed by atoms with Gasteiger partial charge in [-0.25, -0.2) is 0 Å². The van der Waals surface area contributed by atoms with Crippen LogP contribution in [0.5, 0.6) is 5.75 Å². The molecule has 1 fully saturated rings. The number of halogens is 1. The highest BCUT2D eigenvalue weighted by molar-refractivity contribution is 6.34. The van der Waals surface area contributed by atoms with E-state index in [9.17, 15) is 9.90 Å². The van der Waals surface area contributed by atoms with Gasteiger partial charge in [0, 0.05) is 19.6 Å². The summed E-state index contributed by atoms with van der Waals surface area (Å²) < 4.78 is 0. The molecule has 3 rings (SSSR count). The average molecular weight is 239 g/mol. The predicted octanol–water partition coefficient (Wildman–Crippen LogP) is 1.15. The summed E-state index contributed by atoms with van der Waals surface area (Å²) in [6.45, 7) is 2.22. The molecular weight excluding hydrogens is 228 g/mol. The maximum absolute atomic E-state index is 12.1. The molecule has 84 valence electrons. The van der Waals surface area contributed by atoms with Crippen LogP contribution >= 0.6 is 11.6 Å². The topological polar surface area (TPSA) is 52.6 Å².